The second-order valence-electron chi connectivity index (χ2n) is 2.19. The van der Waals surface area contributed by atoms with E-state index < -0.39 is 11.0 Å². The van der Waals surface area contributed by atoms with E-state index in [2.05, 4.69) is 6.58 Å². The molecule has 2 N–H and O–H groups in total. The lowest BCUT2D eigenvalue weighted by molar-refractivity contribution is -0.402. The maximum atomic E-state index is 10.2. The van der Waals surface area contributed by atoms with Crippen LogP contribution in [0, 0.1) is 10.1 Å². The van der Waals surface area contributed by atoms with Crippen molar-refractivity contribution in [2.45, 2.75) is 6.04 Å². The smallest absolute Gasteiger partial charge is 0.404 e. The van der Waals surface area contributed by atoms with Crippen molar-refractivity contribution in [3.05, 3.63) is 40.7 Å². The van der Waals surface area contributed by atoms with Crippen LogP contribution in [0.2, 0.25) is 0 Å². The first kappa shape index (κ1) is 11.7. The standard InChI is InChI=1S/C7H8N2O3.ClH/c1-2-5(8)6-3-4-7(12-6)9(10)11;/h2-5H,1,8H2;1H/t5-;/m0./s1. The van der Waals surface area contributed by atoms with Crippen LogP contribution in [-0.2, 0) is 0 Å². The molecule has 0 spiro atoms. The molecule has 72 valence electrons. The lowest BCUT2D eigenvalue weighted by Crippen LogP contribution is -2.04. The molecule has 0 fully saturated rings. The Hall–Kier alpha value is -1.33. The molecule has 1 atom stereocenters. The van der Waals surface area contributed by atoms with Gasteiger partial charge in [0, 0.05) is 0 Å². The van der Waals surface area contributed by atoms with Crippen LogP contribution in [0.3, 0.4) is 0 Å². The third-order valence-electron chi connectivity index (χ3n) is 1.38. The van der Waals surface area contributed by atoms with Gasteiger partial charge in [0.1, 0.15) is 10.7 Å². The second-order valence-corrected chi connectivity index (χ2v) is 2.19. The number of rotatable bonds is 3. The van der Waals surface area contributed by atoms with E-state index in [1.165, 1.54) is 18.2 Å². The summed E-state index contributed by atoms with van der Waals surface area (Å²) in [5, 5.41) is 10.2. The molecule has 1 heterocycles. The summed E-state index contributed by atoms with van der Waals surface area (Å²) in [6.07, 6.45) is 1.45. The molecule has 0 unspecified atom stereocenters. The molecule has 1 rings (SSSR count). The van der Waals surface area contributed by atoms with Gasteiger partial charge in [-0.05, 0) is 6.07 Å². The predicted octanol–water partition coefficient (Wildman–Crippen LogP) is 1.80. The van der Waals surface area contributed by atoms with Gasteiger partial charge in [0.25, 0.3) is 0 Å². The summed E-state index contributed by atoms with van der Waals surface area (Å²) in [7, 11) is 0. The van der Waals surface area contributed by atoms with Gasteiger partial charge in [-0.25, -0.2) is 0 Å². The molecule has 13 heavy (non-hydrogen) atoms. The van der Waals surface area contributed by atoms with E-state index in [-0.39, 0.29) is 18.3 Å². The van der Waals surface area contributed by atoms with E-state index in [1.54, 1.807) is 0 Å². The number of furan rings is 1. The highest BCUT2D eigenvalue weighted by Gasteiger charge is 2.14. The SMILES string of the molecule is C=C[C@H](N)c1ccc([N+](=O)[O-])o1.Cl. The van der Waals surface area contributed by atoms with Gasteiger partial charge in [0.2, 0.25) is 0 Å². The lowest BCUT2D eigenvalue weighted by Gasteiger charge is -1.97. The van der Waals surface area contributed by atoms with E-state index in [1.807, 2.05) is 0 Å². The molecule has 0 bridgehead atoms. The fraction of sp³-hybridized carbons (Fsp3) is 0.143. The number of nitro groups is 1. The largest absolute Gasteiger partial charge is 0.433 e. The minimum Gasteiger partial charge on any atom is -0.404 e. The van der Waals surface area contributed by atoms with Crippen molar-refractivity contribution < 1.29 is 9.34 Å². The van der Waals surface area contributed by atoms with Gasteiger partial charge in [0.05, 0.1) is 12.1 Å². The van der Waals surface area contributed by atoms with Gasteiger partial charge < -0.3 is 10.2 Å². The number of hydrogen-bond acceptors (Lipinski definition) is 4. The highest BCUT2D eigenvalue weighted by molar-refractivity contribution is 5.85. The molecule has 0 aromatic carbocycles. The monoisotopic (exact) mass is 204 g/mol. The quantitative estimate of drug-likeness (QED) is 0.462. The number of nitrogens with zero attached hydrogens (tertiary/aromatic N) is 1. The van der Waals surface area contributed by atoms with Crippen LogP contribution in [0.4, 0.5) is 5.88 Å². The molecule has 1 aromatic rings. The second kappa shape index (κ2) is 4.64. The van der Waals surface area contributed by atoms with E-state index >= 15 is 0 Å². The summed E-state index contributed by atoms with van der Waals surface area (Å²) in [6.45, 7) is 3.44. The van der Waals surface area contributed by atoms with Crippen LogP contribution in [0.25, 0.3) is 0 Å². The Bertz CT molecular complexity index is 310. The van der Waals surface area contributed by atoms with Crippen LogP contribution in [0.15, 0.2) is 29.2 Å². The molecular formula is C7H9ClN2O3. The van der Waals surface area contributed by atoms with Gasteiger partial charge in [0.15, 0.2) is 0 Å². The van der Waals surface area contributed by atoms with Crippen molar-refractivity contribution in [1.29, 1.82) is 0 Å². The van der Waals surface area contributed by atoms with Crippen molar-refractivity contribution in [2.24, 2.45) is 5.73 Å². The molecule has 5 nitrogen and oxygen atoms in total. The molecule has 0 aliphatic heterocycles. The van der Waals surface area contributed by atoms with Crippen LogP contribution >= 0.6 is 12.4 Å². The molecule has 1 aromatic heterocycles. The van der Waals surface area contributed by atoms with Gasteiger partial charge in [-0.2, -0.15) is 0 Å². The molecule has 0 radical (unpaired) electrons. The summed E-state index contributed by atoms with van der Waals surface area (Å²) < 4.78 is 4.80. The van der Waals surface area contributed by atoms with Crippen molar-refractivity contribution >= 4 is 18.3 Å². The zero-order valence-corrected chi connectivity index (χ0v) is 7.49. The Morgan fingerprint density at radius 1 is 1.69 bits per heavy atom. The van der Waals surface area contributed by atoms with E-state index in [0.29, 0.717) is 5.76 Å². The predicted molar refractivity (Wildman–Crippen MR) is 49.7 cm³/mol. The van der Waals surface area contributed by atoms with Crippen molar-refractivity contribution in [2.75, 3.05) is 0 Å². The van der Waals surface area contributed by atoms with Crippen LogP contribution in [0.1, 0.15) is 11.8 Å². The Morgan fingerprint density at radius 3 is 2.69 bits per heavy atom. The number of halogens is 1. The zero-order chi connectivity index (χ0) is 9.14. The Kier molecular flexibility index (Phi) is 4.16. The lowest BCUT2D eigenvalue weighted by atomic mass is 10.2. The first-order chi connectivity index (χ1) is 5.65. The maximum absolute atomic E-state index is 10.2. The Balaban J connectivity index is 0.00000144. The molecule has 0 aliphatic carbocycles. The highest BCUT2D eigenvalue weighted by atomic mass is 35.5. The summed E-state index contributed by atoms with van der Waals surface area (Å²) in [5.41, 5.74) is 5.47. The van der Waals surface area contributed by atoms with Gasteiger partial charge >= 0.3 is 5.88 Å². The van der Waals surface area contributed by atoms with Crippen molar-refractivity contribution in [3.63, 3.8) is 0 Å². The molecule has 6 heteroatoms. The van der Waals surface area contributed by atoms with Crippen LogP contribution < -0.4 is 5.73 Å². The van der Waals surface area contributed by atoms with Gasteiger partial charge in [-0.3, -0.25) is 10.1 Å². The topological polar surface area (TPSA) is 82.3 Å². The zero-order valence-electron chi connectivity index (χ0n) is 6.67. The van der Waals surface area contributed by atoms with Gasteiger partial charge in [-0.1, -0.05) is 6.08 Å². The normalized spacial score (nSPS) is 11.5. The summed E-state index contributed by atoms with van der Waals surface area (Å²) >= 11 is 0. The number of hydrogen-bond donors (Lipinski definition) is 1. The van der Waals surface area contributed by atoms with Crippen LogP contribution in [-0.4, -0.2) is 4.92 Å². The summed E-state index contributed by atoms with van der Waals surface area (Å²) in [4.78, 5) is 9.56. The van der Waals surface area contributed by atoms with E-state index in [0.717, 1.165) is 0 Å². The maximum Gasteiger partial charge on any atom is 0.433 e. The third-order valence-corrected chi connectivity index (χ3v) is 1.38. The first-order valence-electron chi connectivity index (χ1n) is 3.27. The average molecular weight is 205 g/mol. The first-order valence-corrected chi connectivity index (χ1v) is 3.27. The number of nitrogens with two attached hydrogens (primary N) is 1. The van der Waals surface area contributed by atoms with E-state index in [9.17, 15) is 10.1 Å². The third kappa shape index (κ3) is 2.57. The Morgan fingerprint density at radius 2 is 2.31 bits per heavy atom. The van der Waals surface area contributed by atoms with Crippen molar-refractivity contribution in [1.82, 2.24) is 0 Å². The minimum atomic E-state index is -0.612. The molecule has 0 saturated carbocycles. The van der Waals surface area contributed by atoms with E-state index in [4.69, 9.17) is 10.2 Å². The summed E-state index contributed by atoms with van der Waals surface area (Å²) in [5.74, 6) is 0.0407. The molecular weight excluding hydrogens is 196 g/mol. The highest BCUT2D eigenvalue weighted by Crippen LogP contribution is 2.20. The van der Waals surface area contributed by atoms with Gasteiger partial charge in [-0.15, -0.1) is 19.0 Å². The van der Waals surface area contributed by atoms with Crippen LogP contribution in [0.5, 0.6) is 0 Å². The molecule has 0 saturated heterocycles. The average Bonchev–Trinajstić information content (AvgIpc) is 2.51. The summed E-state index contributed by atoms with van der Waals surface area (Å²) in [6, 6.07) is 2.24. The Labute approximate surface area is 80.8 Å². The van der Waals surface area contributed by atoms with Crippen molar-refractivity contribution in [3.8, 4) is 0 Å². The molecule has 0 amide bonds. The fourth-order valence-corrected chi connectivity index (χ4v) is 0.736. The minimum absolute atomic E-state index is 0. The fourth-order valence-electron chi connectivity index (χ4n) is 0.736. The molecule has 0 aliphatic rings.